The Morgan fingerprint density at radius 3 is 2.67 bits per heavy atom. The third-order valence-electron chi connectivity index (χ3n) is 2.36. The van der Waals surface area contributed by atoms with Gasteiger partial charge in [-0.15, -0.1) is 0 Å². The van der Waals surface area contributed by atoms with Crippen molar-refractivity contribution in [2.75, 3.05) is 6.54 Å². The Balaban J connectivity index is 2.62. The smallest absolute Gasteiger partial charge is 0.265 e. The Morgan fingerprint density at radius 2 is 2.06 bits per heavy atom. The molecule has 0 amide bonds. The van der Waals surface area contributed by atoms with E-state index in [1.165, 1.54) is 0 Å². The number of halogens is 2. The highest BCUT2D eigenvalue weighted by atomic mass is 19.3. The first-order chi connectivity index (χ1) is 8.56. The molecule has 1 rings (SSSR count). The van der Waals surface area contributed by atoms with Crippen LogP contribution in [-0.2, 0) is 6.54 Å². The maximum atomic E-state index is 12.1. The van der Waals surface area contributed by atoms with Gasteiger partial charge in [0, 0.05) is 18.7 Å². The molecule has 0 aliphatic carbocycles. The number of aliphatic hydroxyl groups is 1. The maximum absolute atomic E-state index is 12.1. The van der Waals surface area contributed by atoms with E-state index in [4.69, 9.17) is 16.0 Å². The number of rotatable bonds is 6. The van der Waals surface area contributed by atoms with Crippen LogP contribution < -0.4 is 11.1 Å². The summed E-state index contributed by atoms with van der Waals surface area (Å²) in [7, 11) is 0. The summed E-state index contributed by atoms with van der Waals surface area (Å²) in [6.45, 7) is -0.00164. The number of hydrogen-bond acceptors (Lipinski definition) is 4. The van der Waals surface area contributed by atoms with E-state index in [0.29, 0.717) is 11.1 Å². The zero-order chi connectivity index (χ0) is 13.5. The molecule has 0 fully saturated rings. The van der Waals surface area contributed by atoms with Crippen molar-refractivity contribution in [2.45, 2.75) is 19.1 Å². The van der Waals surface area contributed by atoms with Gasteiger partial charge in [0.25, 0.3) is 6.43 Å². The highest BCUT2D eigenvalue weighted by Crippen LogP contribution is 2.08. The molecule has 1 aromatic rings. The standard InChI is InChI=1S/C11H15F2N3O2/c12-10(13)9(17)6-15-5-7-3-1-2-4-8(7)11(14)16-18/h1-4,9-10,15,17-18H,5-6H2,(H2,14,16). The van der Waals surface area contributed by atoms with E-state index >= 15 is 0 Å². The number of alkyl halides is 2. The van der Waals surface area contributed by atoms with Gasteiger partial charge in [-0.05, 0) is 5.56 Å². The molecular formula is C11H15F2N3O2. The number of benzene rings is 1. The lowest BCUT2D eigenvalue weighted by molar-refractivity contribution is -0.00340. The molecule has 0 spiro atoms. The van der Waals surface area contributed by atoms with Crippen LogP contribution >= 0.6 is 0 Å². The van der Waals surface area contributed by atoms with E-state index < -0.39 is 12.5 Å². The fourth-order valence-electron chi connectivity index (χ4n) is 1.42. The van der Waals surface area contributed by atoms with Crippen molar-refractivity contribution in [3.05, 3.63) is 35.4 Å². The Bertz CT molecular complexity index is 413. The van der Waals surface area contributed by atoms with E-state index in [1.807, 2.05) is 0 Å². The Hall–Kier alpha value is -1.73. The van der Waals surface area contributed by atoms with Crippen LogP contribution in [0.25, 0.3) is 0 Å². The van der Waals surface area contributed by atoms with Gasteiger partial charge in [0.05, 0.1) is 0 Å². The van der Waals surface area contributed by atoms with E-state index in [2.05, 4.69) is 10.5 Å². The summed E-state index contributed by atoms with van der Waals surface area (Å²) >= 11 is 0. The van der Waals surface area contributed by atoms with Gasteiger partial charge in [0.2, 0.25) is 0 Å². The first kappa shape index (κ1) is 14.3. The summed E-state index contributed by atoms with van der Waals surface area (Å²) in [6, 6.07) is 6.82. The summed E-state index contributed by atoms with van der Waals surface area (Å²) in [4.78, 5) is 0. The van der Waals surface area contributed by atoms with Gasteiger partial charge in [-0.2, -0.15) is 0 Å². The summed E-state index contributed by atoms with van der Waals surface area (Å²) in [6.07, 6.45) is -4.49. The third-order valence-corrected chi connectivity index (χ3v) is 2.36. The Kier molecular flexibility index (Phi) is 5.47. The quantitative estimate of drug-likeness (QED) is 0.259. The van der Waals surface area contributed by atoms with Crippen LogP contribution in [0.15, 0.2) is 29.4 Å². The highest BCUT2D eigenvalue weighted by molar-refractivity contribution is 5.98. The first-order valence-electron chi connectivity index (χ1n) is 5.29. The fraction of sp³-hybridized carbons (Fsp3) is 0.364. The number of amidine groups is 1. The van der Waals surface area contributed by atoms with Crippen molar-refractivity contribution in [2.24, 2.45) is 10.9 Å². The molecule has 1 unspecified atom stereocenters. The number of oxime groups is 1. The van der Waals surface area contributed by atoms with Crippen LogP contribution in [0.2, 0.25) is 0 Å². The Morgan fingerprint density at radius 1 is 1.39 bits per heavy atom. The van der Waals surface area contributed by atoms with Gasteiger partial charge < -0.3 is 21.4 Å². The topological polar surface area (TPSA) is 90.9 Å². The van der Waals surface area contributed by atoms with Crippen LogP contribution in [0.1, 0.15) is 11.1 Å². The molecule has 0 aromatic heterocycles. The van der Waals surface area contributed by atoms with Crippen LogP contribution in [0.5, 0.6) is 0 Å². The lowest BCUT2D eigenvalue weighted by Crippen LogP contribution is -2.32. The van der Waals surface area contributed by atoms with Crippen molar-refractivity contribution in [3.8, 4) is 0 Å². The molecule has 5 nitrogen and oxygen atoms in total. The minimum absolute atomic E-state index is 0.0539. The molecular weight excluding hydrogens is 244 g/mol. The molecule has 0 heterocycles. The second-order valence-electron chi connectivity index (χ2n) is 3.68. The molecule has 0 radical (unpaired) electrons. The average Bonchev–Trinajstić information content (AvgIpc) is 2.38. The molecule has 0 aliphatic rings. The molecule has 0 bridgehead atoms. The summed E-state index contributed by atoms with van der Waals surface area (Å²) in [5, 5.41) is 23.1. The van der Waals surface area contributed by atoms with Gasteiger partial charge in [-0.3, -0.25) is 0 Å². The van der Waals surface area contributed by atoms with Gasteiger partial charge in [-0.1, -0.05) is 29.4 Å². The van der Waals surface area contributed by atoms with Crippen LogP contribution in [0, 0.1) is 0 Å². The molecule has 18 heavy (non-hydrogen) atoms. The molecule has 1 atom stereocenters. The van der Waals surface area contributed by atoms with E-state index in [9.17, 15) is 8.78 Å². The van der Waals surface area contributed by atoms with Crippen LogP contribution in [0.3, 0.4) is 0 Å². The number of aliphatic hydroxyl groups excluding tert-OH is 1. The minimum Gasteiger partial charge on any atom is -0.409 e. The van der Waals surface area contributed by atoms with E-state index in [-0.39, 0.29) is 18.9 Å². The zero-order valence-corrected chi connectivity index (χ0v) is 9.55. The minimum atomic E-state index is -2.78. The van der Waals surface area contributed by atoms with Gasteiger partial charge >= 0.3 is 0 Å². The lowest BCUT2D eigenvalue weighted by Gasteiger charge is -2.12. The summed E-state index contributed by atoms with van der Waals surface area (Å²) in [5.74, 6) is -0.0539. The van der Waals surface area contributed by atoms with Gasteiger partial charge in [0.1, 0.15) is 6.10 Å². The predicted molar refractivity (Wildman–Crippen MR) is 62.7 cm³/mol. The largest absolute Gasteiger partial charge is 0.409 e. The molecule has 100 valence electrons. The number of nitrogens with zero attached hydrogens (tertiary/aromatic N) is 1. The summed E-state index contributed by atoms with van der Waals surface area (Å²) < 4.78 is 24.1. The maximum Gasteiger partial charge on any atom is 0.265 e. The average molecular weight is 259 g/mol. The third kappa shape index (κ3) is 3.94. The monoisotopic (exact) mass is 259 g/mol. The lowest BCUT2D eigenvalue weighted by atomic mass is 10.1. The number of nitrogens with one attached hydrogen (secondary N) is 1. The second kappa shape index (κ2) is 6.87. The molecule has 7 heteroatoms. The number of hydrogen-bond donors (Lipinski definition) is 4. The van der Waals surface area contributed by atoms with Crippen LogP contribution in [-0.4, -0.2) is 35.2 Å². The SMILES string of the molecule is N/C(=N/O)c1ccccc1CNCC(O)C(F)F. The molecule has 0 aliphatic heterocycles. The van der Waals surface area contributed by atoms with Crippen molar-refractivity contribution in [1.29, 1.82) is 0 Å². The Labute approximate surface area is 103 Å². The normalized spacial score (nSPS) is 13.9. The first-order valence-corrected chi connectivity index (χ1v) is 5.29. The number of nitrogens with two attached hydrogens (primary N) is 1. The van der Waals surface area contributed by atoms with Crippen molar-refractivity contribution < 1.29 is 19.1 Å². The fourth-order valence-corrected chi connectivity index (χ4v) is 1.42. The van der Waals surface area contributed by atoms with Gasteiger partial charge in [0.15, 0.2) is 5.84 Å². The second-order valence-corrected chi connectivity index (χ2v) is 3.68. The molecule has 0 saturated carbocycles. The molecule has 1 aromatic carbocycles. The molecule has 0 saturated heterocycles. The van der Waals surface area contributed by atoms with Crippen LogP contribution in [0.4, 0.5) is 8.78 Å². The van der Waals surface area contributed by atoms with Crippen molar-refractivity contribution in [1.82, 2.24) is 5.32 Å². The van der Waals surface area contributed by atoms with Crippen molar-refractivity contribution >= 4 is 5.84 Å². The predicted octanol–water partition coefficient (Wildman–Crippen LogP) is 0.497. The zero-order valence-electron chi connectivity index (χ0n) is 9.55. The van der Waals surface area contributed by atoms with Gasteiger partial charge in [-0.25, -0.2) is 8.78 Å². The highest BCUT2D eigenvalue weighted by Gasteiger charge is 2.16. The van der Waals surface area contributed by atoms with Crippen molar-refractivity contribution in [3.63, 3.8) is 0 Å². The summed E-state index contributed by atoms with van der Waals surface area (Å²) in [5.41, 5.74) is 6.68. The molecule has 5 N–H and O–H groups in total. The van der Waals surface area contributed by atoms with E-state index in [1.54, 1.807) is 24.3 Å². The van der Waals surface area contributed by atoms with E-state index in [0.717, 1.165) is 0 Å².